The van der Waals surface area contributed by atoms with Gasteiger partial charge >= 0.3 is 5.97 Å². The lowest BCUT2D eigenvalue weighted by atomic mass is 10.1. The standard InChI is InChI=1S/C18H15NO5S/c1-12-6-8-13(9-7-12)25(22,23)19-15-5-3-2-4-14(15)16-10-11-17(24-16)18(20)21/h2-11,19H,1H3,(H,20,21). The molecule has 3 aromatic rings. The molecule has 128 valence electrons. The van der Waals surface area contributed by atoms with E-state index in [-0.39, 0.29) is 16.4 Å². The Kier molecular flexibility index (Phi) is 4.33. The van der Waals surface area contributed by atoms with Crippen LogP contribution in [0.1, 0.15) is 16.1 Å². The fraction of sp³-hybridized carbons (Fsp3) is 0.0556. The summed E-state index contributed by atoms with van der Waals surface area (Å²) >= 11 is 0. The Morgan fingerprint density at radius 2 is 1.68 bits per heavy atom. The number of aryl methyl sites for hydroxylation is 1. The van der Waals surface area contributed by atoms with Crippen LogP contribution in [0.5, 0.6) is 0 Å². The molecule has 0 radical (unpaired) electrons. The summed E-state index contributed by atoms with van der Waals surface area (Å²) in [5.74, 6) is -1.14. The Hall–Kier alpha value is -3.06. The van der Waals surface area contributed by atoms with Crippen LogP contribution >= 0.6 is 0 Å². The quantitative estimate of drug-likeness (QED) is 0.725. The lowest BCUT2D eigenvalue weighted by Gasteiger charge is -2.11. The van der Waals surface area contributed by atoms with E-state index in [1.807, 2.05) is 6.92 Å². The summed E-state index contributed by atoms with van der Waals surface area (Å²) in [6, 6.07) is 15.9. The lowest BCUT2D eigenvalue weighted by molar-refractivity contribution is 0.0663. The van der Waals surface area contributed by atoms with Crippen LogP contribution in [0.15, 0.2) is 70.0 Å². The minimum atomic E-state index is -3.78. The van der Waals surface area contributed by atoms with Crippen molar-refractivity contribution in [3.63, 3.8) is 0 Å². The number of rotatable bonds is 5. The Balaban J connectivity index is 1.98. The average Bonchev–Trinajstić information content (AvgIpc) is 3.05. The van der Waals surface area contributed by atoms with E-state index in [2.05, 4.69) is 4.72 Å². The van der Waals surface area contributed by atoms with Gasteiger partial charge in [-0.05, 0) is 43.3 Å². The normalized spacial score (nSPS) is 11.2. The third kappa shape index (κ3) is 3.56. The van der Waals surface area contributed by atoms with Crippen LogP contribution in [0.25, 0.3) is 11.3 Å². The Labute approximate surface area is 144 Å². The Morgan fingerprint density at radius 3 is 2.32 bits per heavy atom. The van der Waals surface area contributed by atoms with Gasteiger partial charge in [0.15, 0.2) is 0 Å². The number of hydrogen-bond donors (Lipinski definition) is 2. The van der Waals surface area contributed by atoms with E-state index >= 15 is 0 Å². The molecule has 0 unspecified atom stereocenters. The molecule has 0 aliphatic heterocycles. The number of furan rings is 1. The second-order valence-electron chi connectivity index (χ2n) is 5.43. The predicted octanol–water partition coefficient (Wildman–Crippen LogP) is 3.75. The van der Waals surface area contributed by atoms with Gasteiger partial charge in [-0.2, -0.15) is 0 Å². The lowest BCUT2D eigenvalue weighted by Crippen LogP contribution is -2.13. The molecule has 2 N–H and O–H groups in total. The molecular formula is C18H15NO5S. The highest BCUT2D eigenvalue weighted by Gasteiger charge is 2.18. The highest BCUT2D eigenvalue weighted by atomic mass is 32.2. The zero-order chi connectivity index (χ0) is 18.0. The number of hydrogen-bond acceptors (Lipinski definition) is 4. The van der Waals surface area contributed by atoms with Crippen LogP contribution in [0.3, 0.4) is 0 Å². The highest BCUT2D eigenvalue weighted by molar-refractivity contribution is 7.92. The maximum absolute atomic E-state index is 12.6. The van der Waals surface area contributed by atoms with Gasteiger partial charge in [-0.25, -0.2) is 13.2 Å². The van der Waals surface area contributed by atoms with Crippen LogP contribution in [0.2, 0.25) is 0 Å². The number of para-hydroxylation sites is 1. The van der Waals surface area contributed by atoms with Crippen LogP contribution in [0.4, 0.5) is 5.69 Å². The number of carboxylic acids is 1. The minimum absolute atomic E-state index is 0.138. The molecule has 0 bridgehead atoms. The first kappa shape index (κ1) is 16.8. The molecule has 0 saturated carbocycles. The number of carbonyl (C=O) groups is 1. The van der Waals surface area contributed by atoms with Gasteiger partial charge < -0.3 is 9.52 Å². The molecule has 0 aliphatic carbocycles. The molecular weight excluding hydrogens is 342 g/mol. The number of carboxylic acid groups (broad SMARTS) is 1. The third-order valence-electron chi connectivity index (χ3n) is 3.58. The SMILES string of the molecule is Cc1ccc(S(=O)(=O)Nc2ccccc2-c2ccc(C(=O)O)o2)cc1. The van der Waals surface area contributed by atoms with Gasteiger partial charge in [0.25, 0.3) is 10.0 Å². The second-order valence-corrected chi connectivity index (χ2v) is 7.12. The number of sulfonamides is 1. The van der Waals surface area contributed by atoms with Crippen molar-refractivity contribution in [1.29, 1.82) is 0 Å². The molecule has 0 fully saturated rings. The Morgan fingerprint density at radius 1 is 1.00 bits per heavy atom. The van der Waals surface area contributed by atoms with E-state index in [0.29, 0.717) is 11.3 Å². The largest absolute Gasteiger partial charge is 0.475 e. The van der Waals surface area contributed by atoms with E-state index in [4.69, 9.17) is 9.52 Å². The smallest absolute Gasteiger partial charge is 0.371 e. The van der Waals surface area contributed by atoms with Gasteiger partial charge in [0, 0.05) is 5.56 Å². The number of nitrogens with one attached hydrogen (secondary N) is 1. The second kappa shape index (κ2) is 6.45. The van der Waals surface area contributed by atoms with Crippen molar-refractivity contribution >= 4 is 21.7 Å². The summed E-state index contributed by atoms with van der Waals surface area (Å²) in [6.45, 7) is 1.87. The molecule has 7 heteroatoms. The van der Waals surface area contributed by atoms with Crippen LogP contribution < -0.4 is 4.72 Å². The van der Waals surface area contributed by atoms with Crippen molar-refractivity contribution in [2.75, 3.05) is 4.72 Å². The van der Waals surface area contributed by atoms with Crippen molar-refractivity contribution in [2.24, 2.45) is 0 Å². The fourth-order valence-corrected chi connectivity index (χ4v) is 3.39. The van der Waals surface area contributed by atoms with Gasteiger partial charge in [0.2, 0.25) is 5.76 Å². The molecule has 1 aromatic heterocycles. The number of aromatic carboxylic acids is 1. The van der Waals surface area contributed by atoms with E-state index in [1.54, 1.807) is 36.4 Å². The van der Waals surface area contributed by atoms with Crippen LogP contribution in [-0.4, -0.2) is 19.5 Å². The number of benzene rings is 2. The number of anilines is 1. The molecule has 0 saturated heterocycles. The van der Waals surface area contributed by atoms with Gasteiger partial charge in [0.1, 0.15) is 5.76 Å². The van der Waals surface area contributed by atoms with Crippen LogP contribution in [-0.2, 0) is 10.0 Å². The summed E-state index contributed by atoms with van der Waals surface area (Å²) in [4.78, 5) is 11.1. The topological polar surface area (TPSA) is 96.6 Å². The zero-order valence-electron chi connectivity index (χ0n) is 13.3. The first-order chi connectivity index (χ1) is 11.9. The van der Waals surface area contributed by atoms with Gasteiger partial charge in [-0.15, -0.1) is 0 Å². The third-order valence-corrected chi connectivity index (χ3v) is 4.97. The molecule has 6 nitrogen and oxygen atoms in total. The average molecular weight is 357 g/mol. The van der Waals surface area contributed by atoms with Crippen molar-refractivity contribution in [3.05, 3.63) is 72.0 Å². The summed E-state index contributed by atoms with van der Waals surface area (Å²) in [6.07, 6.45) is 0. The molecule has 1 heterocycles. The molecule has 25 heavy (non-hydrogen) atoms. The molecule has 3 rings (SSSR count). The first-order valence-electron chi connectivity index (χ1n) is 7.39. The molecule has 0 amide bonds. The summed E-state index contributed by atoms with van der Waals surface area (Å²) in [5.41, 5.74) is 1.70. The maximum atomic E-state index is 12.6. The van der Waals surface area contributed by atoms with E-state index in [1.165, 1.54) is 24.3 Å². The molecule has 0 aliphatic rings. The highest BCUT2D eigenvalue weighted by Crippen LogP contribution is 2.31. The van der Waals surface area contributed by atoms with Gasteiger partial charge in [-0.3, -0.25) is 4.72 Å². The van der Waals surface area contributed by atoms with Crippen molar-refractivity contribution < 1.29 is 22.7 Å². The monoisotopic (exact) mass is 357 g/mol. The minimum Gasteiger partial charge on any atom is -0.475 e. The molecule has 0 spiro atoms. The van der Waals surface area contributed by atoms with Gasteiger partial charge in [0.05, 0.1) is 10.6 Å². The van der Waals surface area contributed by atoms with Crippen molar-refractivity contribution in [3.8, 4) is 11.3 Å². The van der Waals surface area contributed by atoms with Crippen LogP contribution in [0, 0.1) is 6.92 Å². The van der Waals surface area contributed by atoms with E-state index in [0.717, 1.165) is 5.56 Å². The maximum Gasteiger partial charge on any atom is 0.371 e. The first-order valence-corrected chi connectivity index (χ1v) is 8.87. The predicted molar refractivity (Wildman–Crippen MR) is 93.1 cm³/mol. The van der Waals surface area contributed by atoms with Crippen molar-refractivity contribution in [2.45, 2.75) is 11.8 Å². The fourth-order valence-electron chi connectivity index (χ4n) is 2.31. The summed E-state index contributed by atoms with van der Waals surface area (Å²) in [5, 5.41) is 8.97. The zero-order valence-corrected chi connectivity index (χ0v) is 14.1. The molecule has 0 atom stereocenters. The van der Waals surface area contributed by atoms with Gasteiger partial charge in [-0.1, -0.05) is 29.8 Å². The summed E-state index contributed by atoms with van der Waals surface area (Å²) < 4.78 is 32.9. The summed E-state index contributed by atoms with van der Waals surface area (Å²) in [7, 11) is -3.78. The van der Waals surface area contributed by atoms with E-state index in [9.17, 15) is 13.2 Å². The van der Waals surface area contributed by atoms with Crippen molar-refractivity contribution in [1.82, 2.24) is 0 Å². The van der Waals surface area contributed by atoms with E-state index < -0.39 is 16.0 Å². The molecule has 2 aromatic carbocycles. The Bertz CT molecular complexity index is 1020.